The predicted octanol–water partition coefficient (Wildman–Crippen LogP) is 2.72. The zero-order chi connectivity index (χ0) is 15.9. The standard InChI is InChI=1S/C17H24N2O3/c1-12(18-17(21)13-8-4-3-5-9-13)16(20)19-14-10-6-7-11-15(14)22-2/h6-7,10-13H,3-5,8-9H2,1-2H3,(H,18,21)(H,19,20)/t12-/m1/s1. The van der Waals surface area contributed by atoms with E-state index in [0.717, 1.165) is 25.7 Å². The van der Waals surface area contributed by atoms with Crippen molar-refractivity contribution in [2.75, 3.05) is 12.4 Å². The molecule has 5 heteroatoms. The lowest BCUT2D eigenvalue weighted by molar-refractivity contribution is -0.129. The molecule has 1 saturated carbocycles. The third-order valence-corrected chi connectivity index (χ3v) is 4.09. The molecule has 0 radical (unpaired) electrons. The van der Waals surface area contributed by atoms with Crippen LogP contribution in [0.4, 0.5) is 5.69 Å². The van der Waals surface area contributed by atoms with E-state index in [1.54, 1.807) is 26.2 Å². The highest BCUT2D eigenvalue weighted by molar-refractivity contribution is 5.98. The molecule has 2 rings (SSSR count). The minimum absolute atomic E-state index is 0.0117. The molecule has 0 spiro atoms. The maximum atomic E-state index is 12.2. The van der Waals surface area contributed by atoms with Crippen LogP contribution in [0.3, 0.4) is 0 Å². The fourth-order valence-corrected chi connectivity index (χ4v) is 2.75. The summed E-state index contributed by atoms with van der Waals surface area (Å²) in [5.74, 6) is 0.396. The van der Waals surface area contributed by atoms with E-state index in [-0.39, 0.29) is 17.7 Å². The van der Waals surface area contributed by atoms with Crippen molar-refractivity contribution in [3.8, 4) is 5.75 Å². The number of hydrogen-bond acceptors (Lipinski definition) is 3. The van der Waals surface area contributed by atoms with Gasteiger partial charge in [-0.15, -0.1) is 0 Å². The molecule has 120 valence electrons. The Balaban J connectivity index is 1.90. The lowest BCUT2D eigenvalue weighted by Gasteiger charge is -2.23. The fourth-order valence-electron chi connectivity index (χ4n) is 2.75. The van der Waals surface area contributed by atoms with Gasteiger partial charge in [0, 0.05) is 5.92 Å². The zero-order valence-electron chi connectivity index (χ0n) is 13.2. The summed E-state index contributed by atoms with van der Waals surface area (Å²) in [6.07, 6.45) is 5.24. The molecule has 22 heavy (non-hydrogen) atoms. The van der Waals surface area contributed by atoms with Gasteiger partial charge in [-0.3, -0.25) is 9.59 Å². The highest BCUT2D eigenvalue weighted by Gasteiger charge is 2.24. The van der Waals surface area contributed by atoms with Gasteiger partial charge in [0.25, 0.3) is 0 Å². The maximum absolute atomic E-state index is 12.2. The molecule has 2 amide bonds. The number of methoxy groups -OCH3 is 1. The van der Waals surface area contributed by atoms with Crippen molar-refractivity contribution in [1.29, 1.82) is 0 Å². The molecule has 1 aromatic rings. The Bertz CT molecular complexity index is 524. The van der Waals surface area contributed by atoms with E-state index in [1.165, 1.54) is 6.42 Å². The first-order valence-corrected chi connectivity index (χ1v) is 7.86. The van der Waals surface area contributed by atoms with Gasteiger partial charge in [0.2, 0.25) is 11.8 Å². The minimum Gasteiger partial charge on any atom is -0.495 e. The molecule has 0 aromatic heterocycles. The van der Waals surface area contributed by atoms with Crippen LogP contribution in [0.15, 0.2) is 24.3 Å². The van der Waals surface area contributed by atoms with Crippen molar-refractivity contribution in [1.82, 2.24) is 5.32 Å². The summed E-state index contributed by atoms with van der Waals surface area (Å²) >= 11 is 0. The summed E-state index contributed by atoms with van der Waals surface area (Å²) in [6.45, 7) is 1.70. The number of anilines is 1. The van der Waals surface area contributed by atoms with E-state index in [2.05, 4.69) is 10.6 Å². The van der Waals surface area contributed by atoms with Gasteiger partial charge in [0.05, 0.1) is 12.8 Å². The molecule has 0 saturated heterocycles. The van der Waals surface area contributed by atoms with Crippen molar-refractivity contribution in [3.63, 3.8) is 0 Å². The van der Waals surface area contributed by atoms with Crippen molar-refractivity contribution < 1.29 is 14.3 Å². The molecule has 1 aliphatic carbocycles. The van der Waals surface area contributed by atoms with Crippen molar-refractivity contribution in [2.45, 2.75) is 45.1 Å². The maximum Gasteiger partial charge on any atom is 0.246 e. The van der Waals surface area contributed by atoms with Crippen LogP contribution >= 0.6 is 0 Å². The number of amides is 2. The van der Waals surface area contributed by atoms with Gasteiger partial charge in [0.1, 0.15) is 11.8 Å². The number of rotatable bonds is 5. The molecular weight excluding hydrogens is 280 g/mol. The summed E-state index contributed by atoms with van der Waals surface area (Å²) in [5.41, 5.74) is 0.605. The Morgan fingerprint density at radius 2 is 1.86 bits per heavy atom. The third-order valence-electron chi connectivity index (χ3n) is 4.09. The fraction of sp³-hybridized carbons (Fsp3) is 0.529. The number of carbonyl (C=O) groups is 2. The second kappa shape index (κ2) is 7.82. The topological polar surface area (TPSA) is 67.4 Å². The van der Waals surface area contributed by atoms with E-state index >= 15 is 0 Å². The van der Waals surface area contributed by atoms with Gasteiger partial charge in [-0.25, -0.2) is 0 Å². The first kappa shape index (κ1) is 16.3. The van der Waals surface area contributed by atoms with E-state index < -0.39 is 6.04 Å². The molecular formula is C17H24N2O3. The number of ether oxygens (including phenoxy) is 1. The summed E-state index contributed by atoms with van der Waals surface area (Å²) in [5, 5.41) is 5.61. The van der Waals surface area contributed by atoms with Crippen LogP contribution in [0, 0.1) is 5.92 Å². The van der Waals surface area contributed by atoms with Crippen molar-refractivity contribution >= 4 is 17.5 Å². The van der Waals surface area contributed by atoms with Crippen LogP contribution in [-0.4, -0.2) is 25.0 Å². The SMILES string of the molecule is COc1ccccc1NC(=O)[C@@H](C)NC(=O)C1CCCCC1. The average Bonchev–Trinajstić information content (AvgIpc) is 2.56. The number of carbonyl (C=O) groups excluding carboxylic acids is 2. The Kier molecular flexibility index (Phi) is 5.81. The molecule has 1 aromatic carbocycles. The number of hydrogen-bond donors (Lipinski definition) is 2. The molecule has 2 N–H and O–H groups in total. The predicted molar refractivity (Wildman–Crippen MR) is 85.8 cm³/mol. The van der Waals surface area contributed by atoms with Crippen LogP contribution in [-0.2, 0) is 9.59 Å². The highest BCUT2D eigenvalue weighted by atomic mass is 16.5. The van der Waals surface area contributed by atoms with Crippen LogP contribution in [0.5, 0.6) is 5.75 Å². The highest BCUT2D eigenvalue weighted by Crippen LogP contribution is 2.24. The molecule has 1 atom stereocenters. The van der Waals surface area contributed by atoms with Gasteiger partial charge in [-0.05, 0) is 31.9 Å². The number of benzene rings is 1. The largest absolute Gasteiger partial charge is 0.495 e. The lowest BCUT2D eigenvalue weighted by atomic mass is 9.88. The number of para-hydroxylation sites is 2. The molecule has 5 nitrogen and oxygen atoms in total. The van der Waals surface area contributed by atoms with Crippen LogP contribution < -0.4 is 15.4 Å². The molecule has 0 unspecified atom stereocenters. The molecule has 1 aliphatic rings. The second-order valence-corrected chi connectivity index (χ2v) is 5.75. The van der Waals surface area contributed by atoms with Gasteiger partial charge in [0.15, 0.2) is 0 Å². The van der Waals surface area contributed by atoms with Crippen LogP contribution in [0.2, 0.25) is 0 Å². The monoisotopic (exact) mass is 304 g/mol. The summed E-state index contributed by atoms with van der Waals surface area (Å²) in [7, 11) is 1.55. The minimum atomic E-state index is -0.570. The zero-order valence-corrected chi connectivity index (χ0v) is 13.2. The Hall–Kier alpha value is -2.04. The van der Waals surface area contributed by atoms with E-state index in [0.29, 0.717) is 11.4 Å². The van der Waals surface area contributed by atoms with E-state index in [4.69, 9.17) is 4.74 Å². The van der Waals surface area contributed by atoms with Gasteiger partial charge < -0.3 is 15.4 Å². The Labute approximate surface area is 131 Å². The molecule has 0 heterocycles. The second-order valence-electron chi connectivity index (χ2n) is 5.75. The van der Waals surface area contributed by atoms with Crippen LogP contribution in [0.25, 0.3) is 0 Å². The molecule has 0 bridgehead atoms. The molecule has 0 aliphatic heterocycles. The smallest absolute Gasteiger partial charge is 0.246 e. The quantitative estimate of drug-likeness (QED) is 0.879. The first-order chi connectivity index (χ1) is 10.6. The Morgan fingerprint density at radius 1 is 1.18 bits per heavy atom. The summed E-state index contributed by atoms with van der Waals surface area (Å²) in [4.78, 5) is 24.4. The first-order valence-electron chi connectivity index (χ1n) is 7.86. The van der Waals surface area contributed by atoms with Gasteiger partial charge >= 0.3 is 0 Å². The Morgan fingerprint density at radius 3 is 2.55 bits per heavy atom. The van der Waals surface area contributed by atoms with Gasteiger partial charge in [-0.1, -0.05) is 31.4 Å². The van der Waals surface area contributed by atoms with Crippen molar-refractivity contribution in [2.24, 2.45) is 5.92 Å². The summed E-state index contributed by atoms with van der Waals surface area (Å²) in [6, 6.07) is 6.64. The lowest BCUT2D eigenvalue weighted by Crippen LogP contribution is -2.44. The number of nitrogens with one attached hydrogen (secondary N) is 2. The molecule has 1 fully saturated rings. The van der Waals surface area contributed by atoms with Gasteiger partial charge in [-0.2, -0.15) is 0 Å². The van der Waals surface area contributed by atoms with E-state index in [9.17, 15) is 9.59 Å². The summed E-state index contributed by atoms with van der Waals surface area (Å²) < 4.78 is 5.20. The van der Waals surface area contributed by atoms with E-state index in [1.807, 2.05) is 12.1 Å². The van der Waals surface area contributed by atoms with Crippen LogP contribution in [0.1, 0.15) is 39.0 Å². The normalized spacial score (nSPS) is 16.6. The van der Waals surface area contributed by atoms with Crippen molar-refractivity contribution in [3.05, 3.63) is 24.3 Å². The third kappa shape index (κ3) is 4.23. The average molecular weight is 304 g/mol.